The topological polar surface area (TPSA) is 29.9 Å². The van der Waals surface area contributed by atoms with Crippen molar-refractivity contribution in [3.63, 3.8) is 0 Å². The third-order valence-electron chi connectivity index (χ3n) is 3.54. The molecule has 0 spiro atoms. The second-order valence-corrected chi connectivity index (χ2v) is 5.21. The van der Waals surface area contributed by atoms with E-state index in [9.17, 15) is 0 Å². The van der Waals surface area contributed by atoms with Crippen LogP contribution in [0.15, 0.2) is 36.5 Å². The van der Waals surface area contributed by atoms with E-state index in [1.54, 1.807) is 0 Å². The number of aryl methyl sites for hydroxylation is 1. The van der Waals surface area contributed by atoms with Crippen LogP contribution in [0.2, 0.25) is 0 Å². The fourth-order valence-corrected chi connectivity index (χ4v) is 2.44. The number of unbranched alkanes of at least 4 members (excludes halogenated alkanes) is 3. The SMILES string of the molecule is CCCCCCNCc1cnc(C)n1-c1ccccc1. The summed E-state index contributed by atoms with van der Waals surface area (Å²) in [6.07, 6.45) is 7.18. The van der Waals surface area contributed by atoms with Crippen molar-refractivity contribution in [2.24, 2.45) is 0 Å². The molecule has 20 heavy (non-hydrogen) atoms. The van der Waals surface area contributed by atoms with Crippen molar-refractivity contribution in [1.29, 1.82) is 0 Å². The predicted molar refractivity (Wildman–Crippen MR) is 84.1 cm³/mol. The highest BCUT2D eigenvalue weighted by atomic mass is 15.1. The van der Waals surface area contributed by atoms with Gasteiger partial charge in [0.1, 0.15) is 5.82 Å². The van der Waals surface area contributed by atoms with Gasteiger partial charge in [0.25, 0.3) is 0 Å². The molecule has 0 aliphatic heterocycles. The minimum atomic E-state index is 0.877. The van der Waals surface area contributed by atoms with Crippen molar-refractivity contribution in [2.75, 3.05) is 6.54 Å². The van der Waals surface area contributed by atoms with Gasteiger partial charge in [0.15, 0.2) is 0 Å². The molecule has 0 saturated carbocycles. The van der Waals surface area contributed by atoms with E-state index in [1.165, 1.54) is 37.1 Å². The summed E-state index contributed by atoms with van der Waals surface area (Å²) in [6.45, 7) is 6.26. The fraction of sp³-hybridized carbons (Fsp3) is 0.471. The molecule has 1 aromatic carbocycles. The molecule has 1 aromatic heterocycles. The first-order chi connectivity index (χ1) is 9.83. The van der Waals surface area contributed by atoms with Crippen LogP contribution in [0.5, 0.6) is 0 Å². The van der Waals surface area contributed by atoms with Crippen LogP contribution >= 0.6 is 0 Å². The molecule has 2 rings (SSSR count). The smallest absolute Gasteiger partial charge is 0.110 e. The maximum absolute atomic E-state index is 4.44. The quantitative estimate of drug-likeness (QED) is 0.739. The largest absolute Gasteiger partial charge is 0.311 e. The summed E-state index contributed by atoms with van der Waals surface area (Å²) in [7, 11) is 0. The van der Waals surface area contributed by atoms with E-state index in [1.807, 2.05) is 12.3 Å². The normalized spacial score (nSPS) is 10.9. The van der Waals surface area contributed by atoms with Crippen molar-refractivity contribution in [2.45, 2.75) is 46.1 Å². The summed E-state index contributed by atoms with van der Waals surface area (Å²) in [4.78, 5) is 4.44. The monoisotopic (exact) mass is 271 g/mol. The Morgan fingerprint density at radius 2 is 1.90 bits per heavy atom. The van der Waals surface area contributed by atoms with Crippen LogP contribution in [0.4, 0.5) is 0 Å². The van der Waals surface area contributed by atoms with Crippen LogP contribution in [0.25, 0.3) is 5.69 Å². The number of rotatable bonds is 8. The second kappa shape index (κ2) is 7.85. The fourth-order valence-electron chi connectivity index (χ4n) is 2.44. The first-order valence-corrected chi connectivity index (χ1v) is 7.62. The van der Waals surface area contributed by atoms with Gasteiger partial charge in [-0.05, 0) is 32.0 Å². The highest BCUT2D eigenvalue weighted by Crippen LogP contribution is 2.14. The van der Waals surface area contributed by atoms with Gasteiger partial charge in [-0.3, -0.25) is 4.57 Å². The number of nitrogens with one attached hydrogen (secondary N) is 1. The Bertz CT molecular complexity index is 502. The number of benzene rings is 1. The number of nitrogens with zero attached hydrogens (tertiary/aromatic N) is 2. The molecule has 0 radical (unpaired) electrons. The average molecular weight is 271 g/mol. The molecule has 0 bridgehead atoms. The molecule has 0 saturated heterocycles. The van der Waals surface area contributed by atoms with Crippen LogP contribution in [0.3, 0.4) is 0 Å². The van der Waals surface area contributed by atoms with Crippen LogP contribution in [0.1, 0.15) is 44.1 Å². The lowest BCUT2D eigenvalue weighted by Crippen LogP contribution is -2.17. The summed E-state index contributed by atoms with van der Waals surface area (Å²) in [5, 5.41) is 3.52. The van der Waals surface area contributed by atoms with E-state index in [2.05, 4.69) is 53.0 Å². The Hall–Kier alpha value is -1.61. The van der Waals surface area contributed by atoms with Crippen molar-refractivity contribution in [1.82, 2.24) is 14.9 Å². The number of para-hydroxylation sites is 1. The predicted octanol–water partition coefficient (Wildman–Crippen LogP) is 3.85. The van der Waals surface area contributed by atoms with Gasteiger partial charge < -0.3 is 5.32 Å². The van der Waals surface area contributed by atoms with Crippen molar-refractivity contribution in [3.05, 3.63) is 48.0 Å². The van der Waals surface area contributed by atoms with E-state index in [0.717, 1.165) is 18.9 Å². The maximum atomic E-state index is 4.44. The molecule has 0 aliphatic carbocycles. The first kappa shape index (κ1) is 14.8. The van der Waals surface area contributed by atoms with Crippen LogP contribution in [-0.4, -0.2) is 16.1 Å². The van der Waals surface area contributed by atoms with Gasteiger partial charge in [0.05, 0.1) is 11.9 Å². The van der Waals surface area contributed by atoms with Gasteiger partial charge in [-0.25, -0.2) is 4.98 Å². The molecule has 108 valence electrons. The van der Waals surface area contributed by atoms with Crippen LogP contribution < -0.4 is 5.32 Å². The Morgan fingerprint density at radius 1 is 1.10 bits per heavy atom. The molecule has 0 aliphatic rings. The standard InChI is InChI=1S/C17H25N3/c1-3-4-5-9-12-18-13-17-14-19-15(2)20(17)16-10-7-6-8-11-16/h6-8,10-11,14,18H,3-5,9,12-13H2,1-2H3. The van der Waals surface area contributed by atoms with Gasteiger partial charge in [-0.2, -0.15) is 0 Å². The second-order valence-electron chi connectivity index (χ2n) is 5.21. The van der Waals surface area contributed by atoms with E-state index in [0.29, 0.717) is 0 Å². The first-order valence-electron chi connectivity index (χ1n) is 7.62. The third-order valence-corrected chi connectivity index (χ3v) is 3.54. The van der Waals surface area contributed by atoms with Crippen LogP contribution in [0, 0.1) is 6.92 Å². The molecule has 0 unspecified atom stereocenters. The van der Waals surface area contributed by atoms with Gasteiger partial charge in [-0.1, -0.05) is 44.4 Å². The summed E-state index contributed by atoms with van der Waals surface area (Å²) >= 11 is 0. The lowest BCUT2D eigenvalue weighted by atomic mass is 10.2. The molecule has 3 heteroatoms. The lowest BCUT2D eigenvalue weighted by molar-refractivity contribution is 0.590. The molecule has 2 aromatic rings. The minimum absolute atomic E-state index is 0.877. The zero-order valence-corrected chi connectivity index (χ0v) is 12.6. The van der Waals surface area contributed by atoms with Gasteiger partial charge in [0, 0.05) is 12.2 Å². The molecule has 0 amide bonds. The van der Waals surface area contributed by atoms with E-state index in [4.69, 9.17) is 0 Å². The molecule has 0 fully saturated rings. The molecule has 3 nitrogen and oxygen atoms in total. The zero-order chi connectivity index (χ0) is 14.2. The summed E-state index contributed by atoms with van der Waals surface area (Å²) in [6, 6.07) is 10.4. The maximum Gasteiger partial charge on any atom is 0.110 e. The van der Waals surface area contributed by atoms with Crippen LogP contribution in [-0.2, 0) is 6.54 Å². The molecule has 0 atom stereocenters. The number of hydrogen-bond acceptors (Lipinski definition) is 2. The third kappa shape index (κ3) is 3.94. The molecular weight excluding hydrogens is 246 g/mol. The summed E-state index contributed by atoms with van der Waals surface area (Å²) < 4.78 is 2.22. The van der Waals surface area contributed by atoms with Gasteiger partial charge in [-0.15, -0.1) is 0 Å². The van der Waals surface area contributed by atoms with E-state index in [-0.39, 0.29) is 0 Å². The summed E-state index contributed by atoms with van der Waals surface area (Å²) in [5.74, 6) is 1.04. The van der Waals surface area contributed by atoms with E-state index < -0.39 is 0 Å². The van der Waals surface area contributed by atoms with E-state index >= 15 is 0 Å². The minimum Gasteiger partial charge on any atom is -0.311 e. The zero-order valence-electron chi connectivity index (χ0n) is 12.6. The molecular formula is C17H25N3. The average Bonchev–Trinajstić information content (AvgIpc) is 2.84. The Morgan fingerprint density at radius 3 is 2.65 bits per heavy atom. The van der Waals surface area contributed by atoms with Gasteiger partial charge >= 0.3 is 0 Å². The Labute approximate surface area is 122 Å². The molecule has 1 heterocycles. The van der Waals surface area contributed by atoms with Gasteiger partial charge in [0.2, 0.25) is 0 Å². The molecule has 1 N–H and O–H groups in total. The lowest BCUT2D eigenvalue weighted by Gasteiger charge is -2.11. The Balaban J connectivity index is 1.93. The highest BCUT2D eigenvalue weighted by Gasteiger charge is 2.07. The van der Waals surface area contributed by atoms with Crippen molar-refractivity contribution < 1.29 is 0 Å². The number of aromatic nitrogens is 2. The highest BCUT2D eigenvalue weighted by molar-refractivity contribution is 5.35. The Kier molecular flexibility index (Phi) is 5.81. The van der Waals surface area contributed by atoms with Crippen molar-refractivity contribution >= 4 is 0 Å². The number of hydrogen-bond donors (Lipinski definition) is 1. The number of imidazole rings is 1. The van der Waals surface area contributed by atoms with Crippen molar-refractivity contribution in [3.8, 4) is 5.69 Å². The summed E-state index contributed by atoms with van der Waals surface area (Å²) in [5.41, 5.74) is 2.41.